The van der Waals surface area contributed by atoms with Gasteiger partial charge in [0.05, 0.1) is 0 Å². The topological polar surface area (TPSA) is 47.8 Å². The lowest BCUT2D eigenvalue weighted by molar-refractivity contribution is 0.107. The van der Waals surface area contributed by atoms with Gasteiger partial charge in [0.1, 0.15) is 12.0 Å². The predicted octanol–water partition coefficient (Wildman–Crippen LogP) is 3.45. The minimum absolute atomic E-state index is 0.162. The fraction of sp³-hybridized carbons (Fsp3) is 0. The molecule has 1 aromatic carbocycles. The van der Waals surface area contributed by atoms with Gasteiger partial charge in [-0.1, -0.05) is 12.1 Å². The molecule has 3 aromatic rings. The maximum absolute atomic E-state index is 13.7. The Balaban J connectivity index is 2.04. The molecule has 3 rings (SSSR count). The first-order valence-corrected chi connectivity index (χ1v) is 6.48. The smallest absolute Gasteiger partial charge is 0.272 e. The maximum atomic E-state index is 13.7. The Kier molecular flexibility index (Phi) is 3.50. The number of halogens is 2. The Labute approximate surface area is 124 Å². The van der Waals surface area contributed by atoms with Gasteiger partial charge in [-0.25, -0.2) is 9.97 Å². The minimum atomic E-state index is -0.622. The van der Waals surface area contributed by atoms with Crippen LogP contribution in [0.2, 0.25) is 0 Å². The molecule has 0 aliphatic carbocycles. The number of aromatic nitrogens is 3. The molecule has 0 atom stereocenters. The van der Waals surface area contributed by atoms with Crippen LogP contribution in [0, 0.1) is 5.95 Å². The van der Waals surface area contributed by atoms with Gasteiger partial charge in [0.15, 0.2) is 0 Å². The molecule has 2 heterocycles. The van der Waals surface area contributed by atoms with Gasteiger partial charge in [-0.3, -0.25) is 4.79 Å². The van der Waals surface area contributed by atoms with E-state index in [-0.39, 0.29) is 5.69 Å². The number of rotatable bonds is 3. The molecule has 0 fully saturated rings. The Morgan fingerprint density at radius 1 is 1.19 bits per heavy atom. The summed E-state index contributed by atoms with van der Waals surface area (Å²) in [5.41, 5.74) is 2.00. The van der Waals surface area contributed by atoms with E-state index in [0.29, 0.717) is 11.1 Å². The van der Waals surface area contributed by atoms with Gasteiger partial charge in [-0.05, 0) is 41.4 Å². The van der Waals surface area contributed by atoms with Gasteiger partial charge in [-0.2, -0.15) is 4.39 Å². The second-order valence-electron chi connectivity index (χ2n) is 4.33. The average Bonchev–Trinajstić information content (AvgIpc) is 2.98. The van der Waals surface area contributed by atoms with E-state index < -0.39 is 11.2 Å². The molecule has 0 unspecified atom stereocenters. The summed E-state index contributed by atoms with van der Waals surface area (Å²) in [5, 5.41) is -0.622. The van der Waals surface area contributed by atoms with E-state index in [1.54, 1.807) is 34.9 Å². The summed E-state index contributed by atoms with van der Waals surface area (Å²) in [4.78, 5) is 18.6. The van der Waals surface area contributed by atoms with Crippen LogP contribution in [0.3, 0.4) is 0 Å². The molecule has 2 aromatic heterocycles. The summed E-state index contributed by atoms with van der Waals surface area (Å²) in [6.45, 7) is 0. The van der Waals surface area contributed by atoms with E-state index in [0.717, 1.165) is 5.69 Å². The third-order valence-corrected chi connectivity index (χ3v) is 3.19. The van der Waals surface area contributed by atoms with Gasteiger partial charge >= 0.3 is 0 Å². The average molecular weight is 302 g/mol. The zero-order valence-electron chi connectivity index (χ0n) is 10.7. The van der Waals surface area contributed by atoms with E-state index in [1.807, 2.05) is 6.07 Å². The second kappa shape index (κ2) is 5.46. The van der Waals surface area contributed by atoms with Crippen molar-refractivity contribution in [1.82, 2.24) is 14.5 Å². The Morgan fingerprint density at radius 3 is 2.76 bits per heavy atom. The van der Waals surface area contributed by atoms with Crippen molar-refractivity contribution in [3.8, 4) is 16.8 Å². The third-order valence-electron chi connectivity index (χ3n) is 3.00. The van der Waals surface area contributed by atoms with Crippen LogP contribution in [0.15, 0.2) is 55.1 Å². The van der Waals surface area contributed by atoms with Gasteiger partial charge in [0.25, 0.3) is 5.24 Å². The standard InChI is InChI=1S/C15H9ClFN3O/c16-14(21)13-8-20(9-19-13)11-4-1-3-10(7-11)12-5-2-6-18-15(12)17/h1-9H. The lowest BCUT2D eigenvalue weighted by atomic mass is 10.1. The molecule has 0 amide bonds. The van der Waals surface area contributed by atoms with Crippen LogP contribution < -0.4 is 0 Å². The van der Waals surface area contributed by atoms with Gasteiger partial charge in [0.2, 0.25) is 5.95 Å². The van der Waals surface area contributed by atoms with Gasteiger partial charge in [0, 0.05) is 23.6 Å². The summed E-state index contributed by atoms with van der Waals surface area (Å²) in [5.74, 6) is -0.531. The molecule has 21 heavy (non-hydrogen) atoms. The normalized spacial score (nSPS) is 10.6. The zero-order chi connectivity index (χ0) is 14.8. The molecule has 0 bridgehead atoms. The second-order valence-corrected chi connectivity index (χ2v) is 4.68. The highest BCUT2D eigenvalue weighted by Crippen LogP contribution is 2.23. The number of nitrogens with zero attached hydrogens (tertiary/aromatic N) is 3. The molecular formula is C15H9ClFN3O. The molecule has 0 saturated heterocycles. The first kappa shape index (κ1) is 13.5. The minimum Gasteiger partial charge on any atom is -0.305 e. The monoisotopic (exact) mass is 301 g/mol. The van der Waals surface area contributed by atoms with Crippen LogP contribution in [-0.2, 0) is 0 Å². The van der Waals surface area contributed by atoms with E-state index in [4.69, 9.17) is 11.6 Å². The van der Waals surface area contributed by atoms with Crippen LogP contribution in [-0.4, -0.2) is 19.8 Å². The van der Waals surface area contributed by atoms with Crippen LogP contribution in [0.1, 0.15) is 10.5 Å². The zero-order valence-corrected chi connectivity index (χ0v) is 11.5. The van der Waals surface area contributed by atoms with E-state index in [2.05, 4.69) is 9.97 Å². The first-order chi connectivity index (χ1) is 10.1. The van der Waals surface area contributed by atoms with Gasteiger partial charge < -0.3 is 4.57 Å². The molecule has 4 nitrogen and oxygen atoms in total. The van der Waals surface area contributed by atoms with E-state index >= 15 is 0 Å². The molecule has 0 radical (unpaired) electrons. The summed E-state index contributed by atoms with van der Waals surface area (Å²) in [7, 11) is 0. The van der Waals surface area contributed by atoms with Crippen molar-refractivity contribution < 1.29 is 9.18 Å². The summed E-state index contributed by atoms with van der Waals surface area (Å²) in [6.07, 6.45) is 4.40. The summed E-state index contributed by atoms with van der Waals surface area (Å²) in [6, 6.07) is 10.5. The molecule has 0 aliphatic rings. The molecule has 0 N–H and O–H groups in total. The quantitative estimate of drug-likeness (QED) is 0.550. The highest BCUT2D eigenvalue weighted by Gasteiger charge is 2.09. The van der Waals surface area contributed by atoms with Crippen LogP contribution in [0.5, 0.6) is 0 Å². The maximum Gasteiger partial charge on any atom is 0.272 e. The van der Waals surface area contributed by atoms with Crippen LogP contribution >= 0.6 is 11.6 Å². The predicted molar refractivity (Wildman–Crippen MR) is 76.9 cm³/mol. The highest BCUT2D eigenvalue weighted by molar-refractivity contribution is 6.67. The van der Waals surface area contributed by atoms with Crippen molar-refractivity contribution in [2.24, 2.45) is 0 Å². The lowest BCUT2D eigenvalue weighted by Gasteiger charge is -2.06. The molecular weight excluding hydrogens is 293 g/mol. The first-order valence-electron chi connectivity index (χ1n) is 6.10. The largest absolute Gasteiger partial charge is 0.305 e. The van der Waals surface area contributed by atoms with Crippen molar-refractivity contribution in [1.29, 1.82) is 0 Å². The van der Waals surface area contributed by atoms with Crippen molar-refractivity contribution in [3.05, 3.63) is 66.8 Å². The van der Waals surface area contributed by atoms with Crippen molar-refractivity contribution in [3.63, 3.8) is 0 Å². The van der Waals surface area contributed by atoms with Crippen molar-refractivity contribution in [2.45, 2.75) is 0 Å². The van der Waals surface area contributed by atoms with Gasteiger partial charge in [-0.15, -0.1) is 0 Å². The number of benzene rings is 1. The Hall–Kier alpha value is -2.53. The third kappa shape index (κ3) is 2.68. The Morgan fingerprint density at radius 2 is 2.05 bits per heavy atom. The number of imidazole rings is 1. The molecule has 6 heteroatoms. The molecule has 0 aliphatic heterocycles. The van der Waals surface area contributed by atoms with Crippen molar-refractivity contribution >= 4 is 16.8 Å². The number of carbonyl (C=O) groups is 1. The number of carbonyl (C=O) groups excluding carboxylic acids is 1. The summed E-state index contributed by atoms with van der Waals surface area (Å²) >= 11 is 5.38. The Bertz CT molecular complexity index is 816. The SMILES string of the molecule is O=C(Cl)c1cn(-c2cccc(-c3cccnc3F)c2)cn1. The fourth-order valence-corrected chi connectivity index (χ4v) is 2.10. The number of pyridine rings is 1. The molecule has 0 spiro atoms. The molecule has 0 saturated carbocycles. The highest BCUT2D eigenvalue weighted by atomic mass is 35.5. The van der Waals surface area contributed by atoms with Crippen molar-refractivity contribution in [2.75, 3.05) is 0 Å². The molecule has 104 valence electrons. The van der Waals surface area contributed by atoms with E-state index in [1.165, 1.54) is 18.7 Å². The van der Waals surface area contributed by atoms with Crippen LogP contribution in [0.4, 0.5) is 4.39 Å². The lowest BCUT2D eigenvalue weighted by Crippen LogP contribution is -1.93. The van der Waals surface area contributed by atoms with E-state index in [9.17, 15) is 9.18 Å². The fourth-order valence-electron chi connectivity index (χ4n) is 2.00. The number of hydrogen-bond acceptors (Lipinski definition) is 3. The van der Waals surface area contributed by atoms with Crippen LogP contribution in [0.25, 0.3) is 16.8 Å². The number of hydrogen-bond donors (Lipinski definition) is 0. The summed E-state index contributed by atoms with van der Waals surface area (Å²) < 4.78 is 15.4.